The van der Waals surface area contributed by atoms with Crippen LogP contribution in [0, 0.1) is 6.92 Å². The quantitative estimate of drug-likeness (QED) is 0.811. The molecular weight excluding hydrogens is 248 g/mol. The van der Waals surface area contributed by atoms with Gasteiger partial charge in [0.1, 0.15) is 11.6 Å². The maximum absolute atomic E-state index is 4.78. The largest absolute Gasteiger partial charge is 0.352 e. The van der Waals surface area contributed by atoms with E-state index in [1.165, 1.54) is 19.3 Å². The summed E-state index contributed by atoms with van der Waals surface area (Å²) in [7, 11) is 0. The average molecular weight is 276 g/mol. The molecule has 1 unspecified atom stereocenters. The third-order valence-electron chi connectivity index (χ3n) is 3.85. The molecule has 1 aliphatic heterocycles. The Morgan fingerprint density at radius 2 is 2.20 bits per heavy atom. The summed E-state index contributed by atoms with van der Waals surface area (Å²) in [4.78, 5) is 11.8. The number of rotatable bonds is 6. The van der Waals surface area contributed by atoms with E-state index in [1.807, 2.05) is 0 Å². The van der Waals surface area contributed by atoms with E-state index in [0.717, 1.165) is 37.0 Å². The Labute approximate surface area is 123 Å². The second-order valence-corrected chi connectivity index (χ2v) is 6.07. The maximum atomic E-state index is 4.78. The Kier molecular flexibility index (Phi) is 5.35. The van der Waals surface area contributed by atoms with Crippen molar-refractivity contribution in [3.8, 4) is 0 Å². The van der Waals surface area contributed by atoms with E-state index in [9.17, 15) is 0 Å². The van der Waals surface area contributed by atoms with Crippen LogP contribution in [0.15, 0.2) is 6.07 Å². The first-order valence-electron chi connectivity index (χ1n) is 7.94. The molecule has 0 radical (unpaired) electrons. The summed E-state index contributed by atoms with van der Waals surface area (Å²) in [5, 5.41) is 3.54. The standard InChI is InChI=1S/C16H28N4/c1-5-8-17-11-14-7-6-9-20(14)15-10-13(4)18-16(19-15)12(2)3/h10,12,14,17H,5-9,11H2,1-4H3. The summed E-state index contributed by atoms with van der Waals surface area (Å²) >= 11 is 0. The van der Waals surface area contributed by atoms with Crippen LogP contribution < -0.4 is 10.2 Å². The monoisotopic (exact) mass is 276 g/mol. The Balaban J connectivity index is 2.12. The number of nitrogens with one attached hydrogen (secondary N) is 1. The molecule has 0 spiro atoms. The molecule has 4 nitrogen and oxygen atoms in total. The molecule has 112 valence electrons. The predicted molar refractivity (Wildman–Crippen MR) is 84.4 cm³/mol. The van der Waals surface area contributed by atoms with Crippen molar-refractivity contribution in [2.45, 2.75) is 58.9 Å². The van der Waals surface area contributed by atoms with Gasteiger partial charge in [-0.25, -0.2) is 9.97 Å². The van der Waals surface area contributed by atoms with Crippen molar-refractivity contribution in [1.82, 2.24) is 15.3 Å². The van der Waals surface area contributed by atoms with Crippen molar-refractivity contribution < 1.29 is 0 Å². The summed E-state index contributed by atoms with van der Waals surface area (Å²) in [6, 6.07) is 2.71. The van der Waals surface area contributed by atoms with E-state index in [1.54, 1.807) is 0 Å². The normalized spacial score (nSPS) is 19.1. The van der Waals surface area contributed by atoms with Crippen LogP contribution in [0.1, 0.15) is 57.5 Å². The molecule has 1 aromatic rings. The highest BCUT2D eigenvalue weighted by Crippen LogP contribution is 2.25. The zero-order chi connectivity index (χ0) is 14.5. The van der Waals surface area contributed by atoms with Gasteiger partial charge in [0.05, 0.1) is 0 Å². The smallest absolute Gasteiger partial charge is 0.133 e. The van der Waals surface area contributed by atoms with Crippen LogP contribution >= 0.6 is 0 Å². The van der Waals surface area contributed by atoms with Gasteiger partial charge in [0.2, 0.25) is 0 Å². The minimum absolute atomic E-state index is 0.382. The van der Waals surface area contributed by atoms with Gasteiger partial charge in [-0.05, 0) is 32.7 Å². The van der Waals surface area contributed by atoms with Gasteiger partial charge in [0.15, 0.2) is 0 Å². The Morgan fingerprint density at radius 1 is 1.40 bits per heavy atom. The molecule has 2 heterocycles. The van der Waals surface area contributed by atoms with Crippen molar-refractivity contribution in [1.29, 1.82) is 0 Å². The zero-order valence-corrected chi connectivity index (χ0v) is 13.3. The second-order valence-electron chi connectivity index (χ2n) is 6.07. The first kappa shape index (κ1) is 15.2. The lowest BCUT2D eigenvalue weighted by molar-refractivity contribution is 0.567. The highest BCUT2D eigenvalue weighted by Gasteiger charge is 2.26. The van der Waals surface area contributed by atoms with Gasteiger partial charge < -0.3 is 10.2 Å². The predicted octanol–water partition coefficient (Wildman–Crippen LogP) is 2.88. The average Bonchev–Trinajstić information content (AvgIpc) is 2.86. The van der Waals surface area contributed by atoms with Crippen molar-refractivity contribution in [2.24, 2.45) is 0 Å². The highest BCUT2D eigenvalue weighted by atomic mass is 15.2. The summed E-state index contributed by atoms with van der Waals surface area (Å²) in [6.45, 7) is 11.9. The number of hydrogen-bond donors (Lipinski definition) is 1. The molecular formula is C16H28N4. The fraction of sp³-hybridized carbons (Fsp3) is 0.750. The first-order valence-corrected chi connectivity index (χ1v) is 7.94. The molecule has 1 aliphatic rings. The molecule has 1 atom stereocenters. The molecule has 1 fully saturated rings. The van der Waals surface area contributed by atoms with Gasteiger partial charge in [0, 0.05) is 36.8 Å². The molecule has 1 aromatic heterocycles. The number of nitrogens with zero attached hydrogens (tertiary/aromatic N) is 3. The molecule has 0 aliphatic carbocycles. The van der Waals surface area contributed by atoms with Crippen LogP contribution in [0.2, 0.25) is 0 Å². The van der Waals surface area contributed by atoms with E-state index in [-0.39, 0.29) is 0 Å². The van der Waals surface area contributed by atoms with E-state index in [0.29, 0.717) is 12.0 Å². The van der Waals surface area contributed by atoms with Gasteiger partial charge in [0.25, 0.3) is 0 Å². The maximum Gasteiger partial charge on any atom is 0.133 e. The Morgan fingerprint density at radius 3 is 2.90 bits per heavy atom. The zero-order valence-electron chi connectivity index (χ0n) is 13.3. The van der Waals surface area contributed by atoms with Crippen LogP contribution in [0.5, 0.6) is 0 Å². The molecule has 1 N–H and O–H groups in total. The Hall–Kier alpha value is -1.16. The fourth-order valence-electron chi connectivity index (χ4n) is 2.77. The SMILES string of the molecule is CCCNCC1CCCN1c1cc(C)nc(C(C)C)n1. The van der Waals surface area contributed by atoms with E-state index in [2.05, 4.69) is 49.0 Å². The van der Waals surface area contributed by atoms with E-state index in [4.69, 9.17) is 4.98 Å². The van der Waals surface area contributed by atoms with Gasteiger partial charge >= 0.3 is 0 Å². The Bertz CT molecular complexity index is 430. The van der Waals surface area contributed by atoms with Crippen molar-refractivity contribution in [3.63, 3.8) is 0 Å². The molecule has 1 saturated heterocycles. The van der Waals surface area contributed by atoms with Crippen LogP contribution in [0.4, 0.5) is 5.82 Å². The van der Waals surface area contributed by atoms with Crippen LogP contribution in [0.3, 0.4) is 0 Å². The van der Waals surface area contributed by atoms with Crippen LogP contribution in [-0.4, -0.2) is 35.6 Å². The number of aryl methyl sites for hydroxylation is 1. The van der Waals surface area contributed by atoms with Crippen LogP contribution in [0.25, 0.3) is 0 Å². The molecule has 0 aromatic carbocycles. The number of hydrogen-bond acceptors (Lipinski definition) is 4. The summed E-state index contributed by atoms with van der Waals surface area (Å²) in [5.41, 5.74) is 1.07. The molecule has 4 heteroatoms. The fourth-order valence-corrected chi connectivity index (χ4v) is 2.77. The molecule has 0 amide bonds. The van der Waals surface area contributed by atoms with E-state index < -0.39 is 0 Å². The minimum Gasteiger partial charge on any atom is -0.352 e. The van der Waals surface area contributed by atoms with Crippen molar-refractivity contribution in [3.05, 3.63) is 17.6 Å². The number of anilines is 1. The third-order valence-corrected chi connectivity index (χ3v) is 3.85. The lowest BCUT2D eigenvalue weighted by Crippen LogP contribution is -2.38. The van der Waals surface area contributed by atoms with Crippen LogP contribution in [-0.2, 0) is 0 Å². The minimum atomic E-state index is 0.382. The molecule has 2 rings (SSSR count). The number of aromatic nitrogens is 2. The lowest BCUT2D eigenvalue weighted by Gasteiger charge is -2.27. The van der Waals surface area contributed by atoms with Gasteiger partial charge in [-0.15, -0.1) is 0 Å². The van der Waals surface area contributed by atoms with Crippen molar-refractivity contribution >= 4 is 5.82 Å². The summed E-state index contributed by atoms with van der Waals surface area (Å²) in [6.07, 6.45) is 3.71. The van der Waals surface area contributed by atoms with Crippen molar-refractivity contribution in [2.75, 3.05) is 24.5 Å². The van der Waals surface area contributed by atoms with E-state index >= 15 is 0 Å². The summed E-state index contributed by atoms with van der Waals surface area (Å²) in [5.74, 6) is 2.46. The lowest BCUT2D eigenvalue weighted by atomic mass is 10.2. The van der Waals surface area contributed by atoms with Gasteiger partial charge in [-0.1, -0.05) is 20.8 Å². The highest BCUT2D eigenvalue weighted by molar-refractivity contribution is 5.42. The summed E-state index contributed by atoms with van der Waals surface area (Å²) < 4.78 is 0. The molecule has 20 heavy (non-hydrogen) atoms. The second kappa shape index (κ2) is 7.02. The first-order chi connectivity index (χ1) is 9.61. The van der Waals surface area contributed by atoms with Gasteiger partial charge in [-0.2, -0.15) is 0 Å². The van der Waals surface area contributed by atoms with Gasteiger partial charge in [-0.3, -0.25) is 0 Å². The topological polar surface area (TPSA) is 41.0 Å². The molecule has 0 saturated carbocycles. The molecule has 0 bridgehead atoms. The third kappa shape index (κ3) is 3.69.